The van der Waals surface area contributed by atoms with Crippen LogP contribution in [0.25, 0.3) is 11.0 Å². The minimum Gasteiger partial charge on any atom is -0.478 e. The third-order valence-corrected chi connectivity index (χ3v) is 8.44. The van der Waals surface area contributed by atoms with Gasteiger partial charge >= 0.3 is 5.97 Å². The van der Waals surface area contributed by atoms with Crippen LogP contribution in [0.1, 0.15) is 65.6 Å². The van der Waals surface area contributed by atoms with Crippen LogP contribution in [0.2, 0.25) is 5.02 Å². The number of imidazole rings is 1. The van der Waals surface area contributed by atoms with Crippen LogP contribution in [0.4, 0.5) is 4.39 Å². The first-order valence-corrected chi connectivity index (χ1v) is 14.4. The number of carboxylic acid groups (broad SMARTS) is 1. The Bertz CT molecular complexity index is 1570. The van der Waals surface area contributed by atoms with E-state index in [1.807, 2.05) is 12.1 Å². The van der Waals surface area contributed by atoms with Crippen LogP contribution < -0.4 is 4.74 Å². The number of aromatic carboxylic acids is 1. The summed E-state index contributed by atoms with van der Waals surface area (Å²) in [4.78, 5) is 23.7. The van der Waals surface area contributed by atoms with Crippen LogP contribution in [0.15, 0.2) is 54.6 Å². The van der Waals surface area contributed by atoms with Gasteiger partial charge < -0.3 is 19.1 Å². The minimum atomic E-state index is -0.948. The molecule has 2 aromatic carbocycles. The summed E-state index contributed by atoms with van der Waals surface area (Å²) in [5.74, 6) is 0.344. The van der Waals surface area contributed by atoms with Crippen molar-refractivity contribution in [3.63, 3.8) is 0 Å². The van der Waals surface area contributed by atoms with Crippen molar-refractivity contribution >= 4 is 28.6 Å². The summed E-state index contributed by atoms with van der Waals surface area (Å²) >= 11 is 5.85. The maximum Gasteiger partial charge on any atom is 0.335 e. The molecule has 41 heavy (non-hydrogen) atoms. The van der Waals surface area contributed by atoms with Crippen molar-refractivity contribution in [3.05, 3.63) is 88.1 Å². The molecule has 2 atom stereocenters. The molecule has 10 heteroatoms. The molecule has 6 rings (SSSR count). The van der Waals surface area contributed by atoms with Gasteiger partial charge in [0.05, 0.1) is 35.3 Å². The Morgan fingerprint density at radius 3 is 2.66 bits per heavy atom. The average molecular weight is 579 g/mol. The lowest BCUT2D eigenvalue weighted by atomic mass is 9.92. The van der Waals surface area contributed by atoms with E-state index in [1.54, 1.807) is 36.4 Å². The molecule has 2 aliphatic heterocycles. The summed E-state index contributed by atoms with van der Waals surface area (Å²) in [5.41, 5.74) is 3.28. The Hall–Kier alpha value is -3.53. The largest absolute Gasteiger partial charge is 0.478 e. The van der Waals surface area contributed by atoms with Gasteiger partial charge in [0.15, 0.2) is 0 Å². The second-order valence-electron chi connectivity index (χ2n) is 10.8. The first-order chi connectivity index (χ1) is 19.9. The van der Waals surface area contributed by atoms with Gasteiger partial charge in [-0.2, -0.15) is 0 Å². The highest BCUT2D eigenvalue weighted by molar-refractivity contribution is 6.30. The zero-order valence-corrected chi connectivity index (χ0v) is 23.6. The van der Waals surface area contributed by atoms with Crippen LogP contribution in [0.3, 0.4) is 0 Å². The highest BCUT2D eigenvalue weighted by Gasteiger charge is 2.30. The number of hydrogen-bond donors (Lipinski definition) is 1. The third kappa shape index (κ3) is 5.93. The standard InChI is InChI=1S/C31H32ClFN4O4/c1-19(30-35-27-8-6-21(31(38)39)15-28(27)37(30)17-24-11-14-40-24)36-12-9-20(10-13-36)26-3-2-4-29(34-26)41-18-22-5-7-23(32)16-25(22)33/h2-8,15-16,19-20,24H,9-14,17-18H2,1H3,(H,38,39)/t19-,24?/m0/s1. The Labute approximate surface area is 242 Å². The highest BCUT2D eigenvalue weighted by atomic mass is 35.5. The van der Waals surface area contributed by atoms with E-state index in [-0.39, 0.29) is 30.2 Å². The van der Waals surface area contributed by atoms with Crippen molar-refractivity contribution in [2.75, 3.05) is 19.7 Å². The van der Waals surface area contributed by atoms with E-state index >= 15 is 0 Å². The van der Waals surface area contributed by atoms with E-state index in [0.717, 1.165) is 61.5 Å². The molecular formula is C31H32ClFN4O4. The van der Waals surface area contributed by atoms with Gasteiger partial charge in [-0.05, 0) is 75.7 Å². The van der Waals surface area contributed by atoms with E-state index in [9.17, 15) is 14.3 Å². The molecule has 0 radical (unpaired) electrons. The van der Waals surface area contributed by atoms with Gasteiger partial charge in [-0.15, -0.1) is 0 Å². The Morgan fingerprint density at radius 2 is 1.95 bits per heavy atom. The van der Waals surface area contributed by atoms with Crippen molar-refractivity contribution < 1.29 is 23.8 Å². The van der Waals surface area contributed by atoms with Crippen LogP contribution in [-0.2, 0) is 17.9 Å². The molecule has 0 spiro atoms. The predicted molar refractivity (Wildman–Crippen MR) is 153 cm³/mol. The van der Waals surface area contributed by atoms with Crippen LogP contribution >= 0.6 is 11.6 Å². The zero-order valence-electron chi connectivity index (χ0n) is 22.8. The molecule has 4 aromatic rings. The second kappa shape index (κ2) is 11.8. The fraction of sp³-hybridized carbons (Fsp3) is 0.387. The van der Waals surface area contributed by atoms with E-state index < -0.39 is 11.8 Å². The smallest absolute Gasteiger partial charge is 0.335 e. The van der Waals surface area contributed by atoms with Gasteiger partial charge in [0.1, 0.15) is 18.2 Å². The Balaban J connectivity index is 1.14. The van der Waals surface area contributed by atoms with Gasteiger partial charge in [0.25, 0.3) is 0 Å². The van der Waals surface area contributed by atoms with Gasteiger partial charge in [-0.1, -0.05) is 23.7 Å². The van der Waals surface area contributed by atoms with E-state index in [1.165, 1.54) is 6.07 Å². The maximum absolute atomic E-state index is 14.1. The molecule has 214 valence electrons. The summed E-state index contributed by atoms with van der Waals surface area (Å²) in [6.45, 7) is 5.41. The minimum absolute atomic E-state index is 0.0496. The first kappa shape index (κ1) is 27.6. The number of fused-ring (bicyclic) bond motifs is 1. The summed E-state index contributed by atoms with van der Waals surface area (Å²) < 4.78 is 27.8. The lowest BCUT2D eigenvalue weighted by Gasteiger charge is -2.36. The van der Waals surface area contributed by atoms with Crippen molar-refractivity contribution in [2.45, 2.75) is 57.4 Å². The molecule has 2 aliphatic rings. The summed E-state index contributed by atoms with van der Waals surface area (Å²) in [6.07, 6.45) is 2.97. The number of benzene rings is 2. The highest BCUT2D eigenvalue weighted by Crippen LogP contribution is 2.34. The number of pyridine rings is 1. The fourth-order valence-corrected chi connectivity index (χ4v) is 5.85. The zero-order chi connectivity index (χ0) is 28.5. The number of piperidine rings is 1. The monoisotopic (exact) mass is 578 g/mol. The lowest BCUT2D eigenvalue weighted by molar-refractivity contribution is -0.0594. The maximum atomic E-state index is 14.1. The summed E-state index contributed by atoms with van der Waals surface area (Å²) in [5, 5.41) is 9.89. The number of hydrogen-bond acceptors (Lipinski definition) is 6. The van der Waals surface area contributed by atoms with E-state index in [0.29, 0.717) is 23.0 Å². The normalized spacial score (nSPS) is 18.8. The number of rotatable bonds is 9. The number of aromatic nitrogens is 3. The lowest BCUT2D eigenvalue weighted by Crippen LogP contribution is -2.37. The average Bonchev–Trinajstić information content (AvgIpc) is 3.32. The predicted octanol–water partition coefficient (Wildman–Crippen LogP) is 6.23. The van der Waals surface area contributed by atoms with Gasteiger partial charge in [0.2, 0.25) is 5.88 Å². The number of carbonyl (C=O) groups is 1. The first-order valence-electron chi connectivity index (χ1n) is 14.0. The number of halogens is 2. The topological polar surface area (TPSA) is 89.7 Å². The quantitative estimate of drug-likeness (QED) is 0.252. The second-order valence-corrected chi connectivity index (χ2v) is 11.2. The molecule has 8 nitrogen and oxygen atoms in total. The van der Waals surface area contributed by atoms with E-state index in [2.05, 4.69) is 16.4 Å². The molecule has 0 amide bonds. The number of carboxylic acids is 1. The number of likely N-dealkylation sites (tertiary alicyclic amines) is 1. The molecule has 4 heterocycles. The van der Waals surface area contributed by atoms with Crippen molar-refractivity contribution in [1.29, 1.82) is 0 Å². The molecule has 2 aromatic heterocycles. The summed E-state index contributed by atoms with van der Waals surface area (Å²) in [6, 6.07) is 15.5. The molecule has 2 fully saturated rings. The van der Waals surface area contributed by atoms with Crippen LogP contribution in [0, 0.1) is 5.82 Å². The molecule has 0 bridgehead atoms. The van der Waals surface area contributed by atoms with Gasteiger partial charge in [-0.25, -0.2) is 19.2 Å². The number of nitrogens with zero attached hydrogens (tertiary/aromatic N) is 4. The van der Waals surface area contributed by atoms with E-state index in [4.69, 9.17) is 31.0 Å². The Morgan fingerprint density at radius 1 is 1.15 bits per heavy atom. The number of ether oxygens (including phenoxy) is 2. The Kier molecular flexibility index (Phi) is 7.92. The van der Waals surface area contributed by atoms with Crippen molar-refractivity contribution in [2.24, 2.45) is 0 Å². The molecule has 1 N–H and O–H groups in total. The molecule has 2 saturated heterocycles. The molecular weight excluding hydrogens is 547 g/mol. The SMILES string of the molecule is C[C@@H](c1nc2ccc(C(=O)O)cc2n1CC1CCO1)N1CCC(c2cccc(OCc3ccc(Cl)cc3F)n2)CC1. The van der Waals surface area contributed by atoms with Crippen LogP contribution in [0.5, 0.6) is 5.88 Å². The molecule has 0 saturated carbocycles. The summed E-state index contributed by atoms with van der Waals surface area (Å²) in [7, 11) is 0. The molecule has 1 unspecified atom stereocenters. The van der Waals surface area contributed by atoms with Gasteiger partial charge in [0, 0.05) is 34.9 Å². The third-order valence-electron chi connectivity index (χ3n) is 8.21. The van der Waals surface area contributed by atoms with Gasteiger partial charge in [-0.3, -0.25) is 4.90 Å². The fourth-order valence-electron chi connectivity index (χ4n) is 5.69. The van der Waals surface area contributed by atoms with Crippen molar-refractivity contribution in [3.8, 4) is 5.88 Å². The molecule has 0 aliphatic carbocycles. The van der Waals surface area contributed by atoms with Crippen LogP contribution in [-0.4, -0.2) is 56.3 Å². The van der Waals surface area contributed by atoms with Crippen molar-refractivity contribution in [1.82, 2.24) is 19.4 Å².